The molecular weight excluding hydrogens is 483 g/mol. The molecule has 3 N–H and O–H groups in total. The first-order valence-corrected chi connectivity index (χ1v) is 12.1. The Hall–Kier alpha value is -1.38. The Morgan fingerprint density at radius 1 is 1.21 bits per heavy atom. The molecule has 1 aliphatic carbocycles. The molecule has 2 unspecified atom stereocenters. The Kier molecular flexibility index (Phi) is 10.9. The van der Waals surface area contributed by atoms with E-state index in [4.69, 9.17) is 32.7 Å². The third-order valence-corrected chi connectivity index (χ3v) is 7.80. The Labute approximate surface area is 212 Å². The zero-order valence-electron chi connectivity index (χ0n) is 21.0. The number of hydrogen-bond acceptors (Lipinski definition) is 7. The summed E-state index contributed by atoms with van der Waals surface area (Å²) in [6.45, 7) is 15.0. The number of halogens is 2. The van der Waals surface area contributed by atoms with Crippen LogP contribution in [-0.2, 0) is 19.1 Å². The van der Waals surface area contributed by atoms with Crippen LogP contribution in [0.1, 0.15) is 61.3 Å². The van der Waals surface area contributed by atoms with Gasteiger partial charge in [0.2, 0.25) is 0 Å². The number of alkyl halides is 2. The smallest absolute Gasteiger partial charge is 0.333 e. The third kappa shape index (κ3) is 7.31. The van der Waals surface area contributed by atoms with Gasteiger partial charge in [-0.3, -0.25) is 0 Å². The van der Waals surface area contributed by atoms with Crippen LogP contribution >= 0.6 is 23.2 Å². The molecule has 9 heteroatoms. The molecule has 194 valence electrons. The van der Waals surface area contributed by atoms with Crippen LogP contribution < -0.4 is 0 Å². The summed E-state index contributed by atoms with van der Waals surface area (Å²) in [4.78, 5) is 24.9. The van der Waals surface area contributed by atoms with E-state index >= 15 is 0 Å². The Morgan fingerprint density at radius 3 is 2.18 bits per heavy atom. The zero-order valence-corrected chi connectivity index (χ0v) is 22.5. The summed E-state index contributed by atoms with van der Waals surface area (Å²) in [6.07, 6.45) is -0.475. The lowest BCUT2D eigenvalue weighted by Gasteiger charge is -2.47. The third-order valence-electron chi connectivity index (χ3n) is 6.46. The molecule has 7 nitrogen and oxygen atoms in total. The SMILES string of the molecule is C=C(C(CC(Cl)C(C)(C)O)OC(=O)/C(C)=C\C)[C@H]1C[C@H](Cl)[C@@](C)(O)[C@@H](OC(=O)/C(C)=C\C)[C@H]1O. The predicted molar refractivity (Wildman–Crippen MR) is 133 cm³/mol. The summed E-state index contributed by atoms with van der Waals surface area (Å²) in [5.74, 6) is -2.09. The van der Waals surface area contributed by atoms with E-state index in [0.717, 1.165) is 0 Å². The summed E-state index contributed by atoms with van der Waals surface area (Å²) in [5, 5.41) is 30.7. The maximum Gasteiger partial charge on any atom is 0.333 e. The van der Waals surface area contributed by atoms with Crippen LogP contribution in [0.2, 0.25) is 0 Å². The van der Waals surface area contributed by atoms with Crippen LogP contribution in [0.15, 0.2) is 35.5 Å². The maximum absolute atomic E-state index is 12.5. The monoisotopic (exact) mass is 520 g/mol. The highest BCUT2D eigenvalue weighted by atomic mass is 35.5. The van der Waals surface area contributed by atoms with Crippen molar-refractivity contribution in [3.8, 4) is 0 Å². The molecule has 1 fully saturated rings. The van der Waals surface area contributed by atoms with Gasteiger partial charge in [-0.2, -0.15) is 0 Å². The van der Waals surface area contributed by atoms with E-state index in [1.54, 1.807) is 39.8 Å². The molecule has 0 aromatic rings. The number of ether oxygens (including phenoxy) is 2. The van der Waals surface area contributed by atoms with Gasteiger partial charge in [-0.05, 0) is 60.5 Å². The van der Waals surface area contributed by atoms with Crippen molar-refractivity contribution < 1.29 is 34.4 Å². The maximum atomic E-state index is 12.5. The number of aliphatic hydroxyl groups is 3. The van der Waals surface area contributed by atoms with Crippen LogP contribution in [0.5, 0.6) is 0 Å². The van der Waals surface area contributed by atoms with Crippen LogP contribution in [0.25, 0.3) is 0 Å². The molecule has 34 heavy (non-hydrogen) atoms. The molecule has 0 amide bonds. The van der Waals surface area contributed by atoms with Crippen molar-refractivity contribution in [3.63, 3.8) is 0 Å². The molecule has 1 aliphatic rings. The second-order valence-electron chi connectivity index (χ2n) is 9.62. The van der Waals surface area contributed by atoms with Gasteiger partial charge >= 0.3 is 11.9 Å². The van der Waals surface area contributed by atoms with Crippen LogP contribution in [0.3, 0.4) is 0 Å². The second-order valence-corrected chi connectivity index (χ2v) is 10.7. The summed E-state index contributed by atoms with van der Waals surface area (Å²) in [5.41, 5.74) is -2.04. The fraction of sp³-hybridized carbons (Fsp3) is 0.680. The standard InChI is InChI=1S/C25H38Cl2O7/c1-9-13(3)22(29)33-17(12-18(26)24(6,7)31)15(5)16-11-19(27)25(8,32)21(20(16)28)34-23(30)14(4)10-2/h9-10,16-21,28,31-32H,5,11-12H2,1-4,6-8H3/b13-9-,14-10-/t16-,17?,18?,19+,20+,21+,25-/m1/s1. The van der Waals surface area contributed by atoms with Gasteiger partial charge < -0.3 is 24.8 Å². The van der Waals surface area contributed by atoms with Crippen molar-refractivity contribution in [1.82, 2.24) is 0 Å². The molecule has 0 aromatic heterocycles. The molecule has 0 aromatic carbocycles. The van der Waals surface area contributed by atoms with Crippen molar-refractivity contribution in [2.75, 3.05) is 0 Å². The van der Waals surface area contributed by atoms with Gasteiger partial charge in [-0.1, -0.05) is 18.7 Å². The Bertz CT molecular complexity index is 826. The molecule has 0 radical (unpaired) electrons. The van der Waals surface area contributed by atoms with E-state index in [0.29, 0.717) is 16.7 Å². The number of esters is 2. The van der Waals surface area contributed by atoms with Crippen molar-refractivity contribution in [2.24, 2.45) is 5.92 Å². The quantitative estimate of drug-likeness (QED) is 0.183. The highest BCUT2D eigenvalue weighted by molar-refractivity contribution is 6.21. The van der Waals surface area contributed by atoms with E-state index in [1.165, 1.54) is 20.8 Å². The summed E-state index contributed by atoms with van der Waals surface area (Å²) in [7, 11) is 0. The van der Waals surface area contributed by atoms with E-state index in [-0.39, 0.29) is 12.8 Å². The van der Waals surface area contributed by atoms with E-state index < -0.39 is 58.1 Å². The molecule has 0 saturated heterocycles. The molecule has 0 spiro atoms. The van der Waals surface area contributed by atoms with Gasteiger partial charge in [0.1, 0.15) is 17.8 Å². The lowest BCUT2D eigenvalue weighted by Crippen LogP contribution is -2.62. The molecule has 7 atom stereocenters. The minimum atomic E-state index is -1.72. The highest BCUT2D eigenvalue weighted by Gasteiger charge is 2.54. The van der Waals surface area contributed by atoms with Gasteiger partial charge in [-0.15, -0.1) is 23.2 Å². The molecule has 1 saturated carbocycles. The Balaban J connectivity index is 3.32. The minimum Gasteiger partial charge on any atom is -0.454 e. The van der Waals surface area contributed by atoms with Crippen molar-refractivity contribution in [3.05, 3.63) is 35.5 Å². The van der Waals surface area contributed by atoms with Gasteiger partial charge in [0.15, 0.2) is 6.10 Å². The van der Waals surface area contributed by atoms with Gasteiger partial charge in [0.25, 0.3) is 0 Å². The molecule has 1 rings (SSSR count). The van der Waals surface area contributed by atoms with Gasteiger partial charge in [0.05, 0.1) is 16.4 Å². The van der Waals surface area contributed by atoms with E-state index in [2.05, 4.69) is 6.58 Å². The van der Waals surface area contributed by atoms with Crippen molar-refractivity contribution >= 4 is 35.1 Å². The fourth-order valence-electron chi connectivity index (χ4n) is 3.55. The van der Waals surface area contributed by atoms with Crippen LogP contribution in [0, 0.1) is 5.92 Å². The van der Waals surface area contributed by atoms with E-state index in [1.807, 2.05) is 0 Å². The van der Waals surface area contributed by atoms with E-state index in [9.17, 15) is 24.9 Å². The summed E-state index contributed by atoms with van der Waals surface area (Å²) < 4.78 is 11.1. The first-order valence-electron chi connectivity index (χ1n) is 11.3. The number of hydrogen-bond donors (Lipinski definition) is 3. The number of carbonyl (C=O) groups excluding carboxylic acids is 2. The fourth-order valence-corrected chi connectivity index (χ4v) is 4.03. The minimum absolute atomic E-state index is 0.0152. The Morgan fingerprint density at radius 2 is 1.71 bits per heavy atom. The molecule has 0 aliphatic heterocycles. The molecule has 0 heterocycles. The second kappa shape index (κ2) is 12.0. The number of rotatable bonds is 9. The van der Waals surface area contributed by atoms with Crippen LogP contribution in [0.4, 0.5) is 0 Å². The number of aliphatic hydroxyl groups excluding tert-OH is 1. The average Bonchev–Trinajstić information content (AvgIpc) is 2.76. The van der Waals surface area contributed by atoms with Crippen molar-refractivity contribution in [1.29, 1.82) is 0 Å². The lowest BCUT2D eigenvalue weighted by atomic mass is 9.71. The highest BCUT2D eigenvalue weighted by Crippen LogP contribution is 2.42. The molecule has 0 bridgehead atoms. The largest absolute Gasteiger partial charge is 0.454 e. The first kappa shape index (κ1) is 30.7. The summed E-state index contributed by atoms with van der Waals surface area (Å²) in [6, 6.07) is 0. The van der Waals surface area contributed by atoms with Gasteiger partial charge in [0, 0.05) is 23.5 Å². The number of carbonyl (C=O) groups is 2. The first-order chi connectivity index (χ1) is 15.5. The van der Waals surface area contributed by atoms with Gasteiger partial charge in [-0.25, -0.2) is 9.59 Å². The molecular formula is C25H38Cl2O7. The zero-order chi connectivity index (χ0) is 26.6. The average molecular weight is 521 g/mol. The summed E-state index contributed by atoms with van der Waals surface area (Å²) >= 11 is 12.9. The van der Waals surface area contributed by atoms with Crippen LogP contribution in [-0.4, -0.2) is 67.5 Å². The predicted octanol–water partition coefficient (Wildman–Crippen LogP) is 3.81. The normalized spacial score (nSPS) is 30.4. The number of allylic oxidation sites excluding steroid dienone is 2. The van der Waals surface area contributed by atoms with Crippen molar-refractivity contribution in [2.45, 2.75) is 102 Å². The topological polar surface area (TPSA) is 113 Å². The lowest BCUT2D eigenvalue weighted by molar-refractivity contribution is -0.190.